The molecule has 0 radical (unpaired) electrons. The van der Waals surface area contributed by atoms with Crippen LogP contribution in [0.3, 0.4) is 0 Å². The van der Waals surface area contributed by atoms with E-state index in [-0.39, 0.29) is 21.8 Å². The fraction of sp³-hybridized carbons (Fsp3) is 0.200. The van der Waals surface area contributed by atoms with Crippen molar-refractivity contribution in [1.29, 1.82) is 0 Å². The van der Waals surface area contributed by atoms with Crippen LogP contribution < -0.4 is 5.32 Å². The highest BCUT2D eigenvalue weighted by Gasteiger charge is 2.13. The Balaban J connectivity index is 2.08. The van der Waals surface area contributed by atoms with Crippen LogP contribution >= 0.6 is 23.2 Å². The molecule has 0 aliphatic carbocycles. The largest absolute Gasteiger partial charge is 0.345 e. The normalized spacial score (nSPS) is 10.4. The van der Waals surface area contributed by atoms with Gasteiger partial charge in [-0.1, -0.05) is 23.2 Å². The van der Waals surface area contributed by atoms with Gasteiger partial charge in [-0.2, -0.15) is 0 Å². The summed E-state index contributed by atoms with van der Waals surface area (Å²) in [5, 5.41) is 9.90. The molecular formula is C10H9Cl2N5O. The van der Waals surface area contributed by atoms with E-state index in [9.17, 15) is 4.79 Å². The summed E-state index contributed by atoms with van der Waals surface area (Å²) in [5.74, 6) is 0.354. The molecule has 0 aromatic carbocycles. The molecule has 0 atom stereocenters. The van der Waals surface area contributed by atoms with Crippen LogP contribution in [0, 0.1) is 0 Å². The fourth-order valence-corrected chi connectivity index (χ4v) is 1.66. The van der Waals surface area contributed by atoms with Crippen LogP contribution in [-0.2, 0) is 13.6 Å². The van der Waals surface area contributed by atoms with Crippen LogP contribution in [0.1, 0.15) is 16.2 Å². The number of hydrogen-bond acceptors (Lipinski definition) is 4. The standard InChI is InChI=1S/C10H9Cl2N5O/c1-17-3-2-13-8(17)5-14-10(18)6-4-7(11)15-16-9(6)12/h2-4H,5H2,1H3,(H,14,18). The first kappa shape index (κ1) is 12.8. The second kappa shape index (κ2) is 5.32. The second-order valence-electron chi connectivity index (χ2n) is 3.51. The van der Waals surface area contributed by atoms with E-state index in [4.69, 9.17) is 23.2 Å². The Hall–Kier alpha value is -1.66. The van der Waals surface area contributed by atoms with Crippen LogP contribution in [-0.4, -0.2) is 25.7 Å². The van der Waals surface area contributed by atoms with Gasteiger partial charge in [0.1, 0.15) is 5.82 Å². The number of nitrogens with one attached hydrogen (secondary N) is 1. The molecule has 2 heterocycles. The minimum Gasteiger partial charge on any atom is -0.345 e. The van der Waals surface area contributed by atoms with Crippen molar-refractivity contribution in [3.05, 3.63) is 40.2 Å². The van der Waals surface area contributed by atoms with E-state index in [1.807, 2.05) is 7.05 Å². The Morgan fingerprint density at radius 1 is 1.44 bits per heavy atom. The van der Waals surface area contributed by atoms with Crippen molar-refractivity contribution >= 4 is 29.1 Å². The highest BCUT2D eigenvalue weighted by atomic mass is 35.5. The molecule has 1 amide bonds. The Morgan fingerprint density at radius 3 is 2.89 bits per heavy atom. The monoisotopic (exact) mass is 285 g/mol. The van der Waals surface area contributed by atoms with Crippen molar-refractivity contribution in [1.82, 2.24) is 25.1 Å². The third-order valence-electron chi connectivity index (χ3n) is 2.29. The zero-order valence-electron chi connectivity index (χ0n) is 9.39. The van der Waals surface area contributed by atoms with Gasteiger partial charge in [0.05, 0.1) is 12.1 Å². The van der Waals surface area contributed by atoms with Crippen molar-refractivity contribution in [3.63, 3.8) is 0 Å². The van der Waals surface area contributed by atoms with Crippen molar-refractivity contribution in [3.8, 4) is 0 Å². The summed E-state index contributed by atoms with van der Waals surface area (Å²) in [6, 6.07) is 1.37. The zero-order valence-corrected chi connectivity index (χ0v) is 10.9. The van der Waals surface area contributed by atoms with E-state index in [0.717, 1.165) is 5.82 Å². The third kappa shape index (κ3) is 2.77. The Morgan fingerprint density at radius 2 is 2.22 bits per heavy atom. The van der Waals surface area contributed by atoms with Crippen LogP contribution in [0.15, 0.2) is 18.5 Å². The van der Waals surface area contributed by atoms with Gasteiger partial charge in [0.2, 0.25) is 0 Å². The summed E-state index contributed by atoms with van der Waals surface area (Å²) in [5.41, 5.74) is 0.186. The number of hydrogen-bond donors (Lipinski definition) is 1. The summed E-state index contributed by atoms with van der Waals surface area (Å²) in [6.45, 7) is 0.290. The number of aryl methyl sites for hydroxylation is 1. The number of aromatic nitrogens is 4. The fourth-order valence-electron chi connectivity index (χ4n) is 1.33. The molecular weight excluding hydrogens is 277 g/mol. The lowest BCUT2D eigenvalue weighted by atomic mass is 10.3. The third-order valence-corrected chi connectivity index (χ3v) is 2.76. The van der Waals surface area contributed by atoms with Gasteiger partial charge >= 0.3 is 0 Å². The van der Waals surface area contributed by atoms with Crippen molar-refractivity contribution in [2.24, 2.45) is 7.05 Å². The number of halogens is 2. The topological polar surface area (TPSA) is 72.7 Å². The number of rotatable bonds is 3. The van der Waals surface area contributed by atoms with Crippen LogP contribution in [0.4, 0.5) is 0 Å². The van der Waals surface area contributed by atoms with Crippen molar-refractivity contribution in [2.75, 3.05) is 0 Å². The quantitative estimate of drug-likeness (QED) is 0.926. The Labute approximate surface area is 113 Å². The summed E-state index contributed by atoms with van der Waals surface area (Å²) in [7, 11) is 1.84. The summed E-state index contributed by atoms with van der Waals surface area (Å²) in [4.78, 5) is 15.9. The number of nitrogens with zero attached hydrogens (tertiary/aromatic N) is 4. The van der Waals surface area contributed by atoms with E-state index in [1.165, 1.54) is 6.07 Å². The molecule has 0 bridgehead atoms. The van der Waals surface area contributed by atoms with Crippen molar-refractivity contribution in [2.45, 2.75) is 6.54 Å². The molecule has 94 valence electrons. The molecule has 0 aliphatic heterocycles. The second-order valence-corrected chi connectivity index (χ2v) is 4.25. The predicted octanol–water partition coefficient (Wildman–Crippen LogP) is 1.45. The van der Waals surface area contributed by atoms with Crippen LogP contribution in [0.25, 0.3) is 0 Å². The molecule has 0 unspecified atom stereocenters. The van der Waals surface area contributed by atoms with Gasteiger partial charge in [0.15, 0.2) is 10.3 Å². The molecule has 2 aromatic heterocycles. The molecule has 2 aromatic rings. The number of imidazole rings is 1. The SMILES string of the molecule is Cn1ccnc1CNC(=O)c1cc(Cl)nnc1Cl. The van der Waals surface area contributed by atoms with Crippen LogP contribution in [0.2, 0.25) is 10.3 Å². The lowest BCUT2D eigenvalue weighted by Gasteiger charge is -2.06. The van der Waals surface area contributed by atoms with E-state index in [2.05, 4.69) is 20.5 Å². The predicted molar refractivity (Wildman–Crippen MR) is 66.4 cm³/mol. The van der Waals surface area contributed by atoms with Gasteiger partial charge in [-0.05, 0) is 6.07 Å². The number of carbonyl (C=O) groups excluding carboxylic acids is 1. The van der Waals surface area contributed by atoms with E-state index >= 15 is 0 Å². The van der Waals surface area contributed by atoms with Gasteiger partial charge in [-0.3, -0.25) is 4.79 Å². The van der Waals surface area contributed by atoms with Gasteiger partial charge in [0, 0.05) is 19.4 Å². The zero-order chi connectivity index (χ0) is 13.1. The van der Waals surface area contributed by atoms with Crippen LogP contribution in [0.5, 0.6) is 0 Å². The lowest BCUT2D eigenvalue weighted by molar-refractivity contribution is 0.0949. The van der Waals surface area contributed by atoms with Crippen molar-refractivity contribution < 1.29 is 4.79 Å². The maximum atomic E-state index is 11.9. The molecule has 18 heavy (non-hydrogen) atoms. The average Bonchev–Trinajstić information content (AvgIpc) is 2.75. The lowest BCUT2D eigenvalue weighted by Crippen LogP contribution is -2.25. The first-order valence-electron chi connectivity index (χ1n) is 5.01. The van der Waals surface area contributed by atoms with Gasteiger partial charge in [-0.15, -0.1) is 10.2 Å². The molecule has 8 heteroatoms. The van der Waals surface area contributed by atoms with E-state index in [1.54, 1.807) is 17.0 Å². The molecule has 6 nitrogen and oxygen atoms in total. The first-order chi connectivity index (χ1) is 8.58. The Kier molecular flexibility index (Phi) is 3.78. The van der Waals surface area contributed by atoms with E-state index in [0.29, 0.717) is 6.54 Å². The summed E-state index contributed by atoms with van der Waals surface area (Å²) in [6.07, 6.45) is 3.44. The number of carbonyl (C=O) groups is 1. The molecule has 2 rings (SSSR count). The maximum absolute atomic E-state index is 11.9. The highest BCUT2D eigenvalue weighted by molar-refractivity contribution is 6.34. The molecule has 0 fully saturated rings. The first-order valence-corrected chi connectivity index (χ1v) is 5.76. The average molecular weight is 286 g/mol. The summed E-state index contributed by atoms with van der Waals surface area (Å²) >= 11 is 11.4. The van der Waals surface area contributed by atoms with E-state index < -0.39 is 0 Å². The van der Waals surface area contributed by atoms with Gasteiger partial charge in [-0.25, -0.2) is 4.98 Å². The van der Waals surface area contributed by atoms with Gasteiger partial charge in [0.25, 0.3) is 5.91 Å². The summed E-state index contributed by atoms with van der Waals surface area (Å²) < 4.78 is 1.81. The minimum absolute atomic E-state index is 0.0109. The minimum atomic E-state index is -0.375. The molecule has 0 saturated heterocycles. The Bertz CT molecular complexity index is 583. The highest BCUT2D eigenvalue weighted by Crippen LogP contribution is 2.15. The molecule has 0 spiro atoms. The van der Waals surface area contributed by atoms with Gasteiger partial charge < -0.3 is 9.88 Å². The number of amides is 1. The maximum Gasteiger partial charge on any atom is 0.254 e. The molecule has 0 saturated carbocycles. The molecule has 1 N–H and O–H groups in total. The smallest absolute Gasteiger partial charge is 0.254 e. The molecule has 0 aliphatic rings.